The van der Waals surface area contributed by atoms with Crippen LogP contribution in [0.2, 0.25) is 0 Å². The number of alkyl halides is 1. The Morgan fingerprint density at radius 2 is 1.76 bits per heavy atom. The van der Waals surface area contributed by atoms with Gasteiger partial charge < -0.3 is 0 Å². The Morgan fingerprint density at radius 3 is 2.35 bits per heavy atom. The van der Waals surface area contributed by atoms with Crippen molar-refractivity contribution in [1.82, 2.24) is 15.0 Å². The van der Waals surface area contributed by atoms with Crippen molar-refractivity contribution >= 4 is 63.7 Å². The number of hydrogen-bond acceptors (Lipinski definition) is 2. The van der Waals surface area contributed by atoms with E-state index in [1.165, 1.54) is 0 Å². The highest BCUT2D eigenvalue weighted by Crippen LogP contribution is 2.32. The van der Waals surface area contributed by atoms with E-state index >= 15 is 0 Å². The van der Waals surface area contributed by atoms with Gasteiger partial charge in [-0.1, -0.05) is 37.1 Å². The molecule has 1 heterocycles. The van der Waals surface area contributed by atoms with Crippen molar-refractivity contribution in [2.45, 2.75) is 6.42 Å². The summed E-state index contributed by atoms with van der Waals surface area (Å²) in [6.07, 6.45) is 2.80. The van der Waals surface area contributed by atoms with Crippen LogP contribution in [0.1, 0.15) is 5.69 Å². The highest BCUT2D eigenvalue weighted by Gasteiger charge is 2.11. The van der Waals surface area contributed by atoms with Gasteiger partial charge in [-0.15, -0.1) is 5.10 Å². The largest absolute Gasteiger partial charge is 0.218 e. The first-order chi connectivity index (χ1) is 8.11. The quantitative estimate of drug-likeness (QED) is 0.596. The van der Waals surface area contributed by atoms with Crippen LogP contribution < -0.4 is 0 Å². The number of benzene rings is 1. The Bertz CT molecular complexity index is 515. The molecule has 0 saturated carbocycles. The lowest BCUT2D eigenvalue weighted by atomic mass is 10.3. The summed E-state index contributed by atoms with van der Waals surface area (Å²) in [6, 6.07) is 3.96. The van der Waals surface area contributed by atoms with Gasteiger partial charge in [-0.2, -0.15) is 0 Å². The molecule has 2 rings (SSSR count). The second-order valence-corrected chi connectivity index (χ2v) is 6.73. The third-order valence-electron chi connectivity index (χ3n) is 2.10. The molecular formula is C10H7Br4N3. The van der Waals surface area contributed by atoms with Gasteiger partial charge in [0.1, 0.15) is 0 Å². The minimum atomic E-state index is 0.867. The molecule has 0 atom stereocenters. The Labute approximate surface area is 132 Å². The molecule has 0 amide bonds. The summed E-state index contributed by atoms with van der Waals surface area (Å²) in [5, 5.41) is 9.13. The van der Waals surface area contributed by atoms with E-state index in [0.29, 0.717) is 0 Å². The van der Waals surface area contributed by atoms with Crippen molar-refractivity contribution < 1.29 is 0 Å². The highest BCUT2D eigenvalue weighted by molar-refractivity contribution is 9.11. The molecule has 0 bridgehead atoms. The first-order valence-electron chi connectivity index (χ1n) is 4.74. The molecule has 0 spiro atoms. The maximum absolute atomic E-state index is 4.13. The normalized spacial score (nSPS) is 10.8. The van der Waals surface area contributed by atoms with Crippen LogP contribution >= 0.6 is 63.7 Å². The van der Waals surface area contributed by atoms with Crippen molar-refractivity contribution in [3.05, 3.63) is 37.4 Å². The minimum absolute atomic E-state index is 0.867. The zero-order valence-corrected chi connectivity index (χ0v) is 14.8. The van der Waals surface area contributed by atoms with Gasteiger partial charge in [0, 0.05) is 25.2 Å². The Morgan fingerprint density at radius 1 is 1.12 bits per heavy atom. The van der Waals surface area contributed by atoms with E-state index in [4.69, 9.17) is 0 Å². The summed E-state index contributed by atoms with van der Waals surface area (Å²) in [4.78, 5) is 0. The number of aryl methyl sites for hydroxylation is 1. The fourth-order valence-corrected chi connectivity index (χ4v) is 4.40. The second kappa shape index (κ2) is 5.95. The smallest absolute Gasteiger partial charge is 0.0948 e. The second-order valence-electron chi connectivity index (χ2n) is 3.31. The fourth-order valence-electron chi connectivity index (χ4n) is 1.37. The van der Waals surface area contributed by atoms with Gasteiger partial charge in [0.05, 0.1) is 17.6 Å². The standard InChI is InChI=1S/C10H7Br4N3/c11-2-1-7-5-17(16-15-7)10-8(13)3-6(12)4-9(10)14/h3-5H,1-2H2. The van der Waals surface area contributed by atoms with E-state index in [0.717, 1.165) is 36.6 Å². The average molecular weight is 489 g/mol. The molecular weight excluding hydrogens is 482 g/mol. The summed E-state index contributed by atoms with van der Waals surface area (Å²) in [5.74, 6) is 0. The van der Waals surface area contributed by atoms with Crippen LogP contribution in [0.15, 0.2) is 31.7 Å². The number of halogens is 4. The summed E-state index contributed by atoms with van der Waals surface area (Å²) in [7, 11) is 0. The van der Waals surface area contributed by atoms with Crippen molar-refractivity contribution in [1.29, 1.82) is 0 Å². The summed E-state index contributed by atoms with van der Waals surface area (Å²) >= 11 is 13.9. The molecule has 0 unspecified atom stereocenters. The van der Waals surface area contributed by atoms with Crippen LogP contribution in [-0.2, 0) is 6.42 Å². The van der Waals surface area contributed by atoms with Gasteiger partial charge in [0.2, 0.25) is 0 Å². The van der Waals surface area contributed by atoms with Gasteiger partial charge in [0.25, 0.3) is 0 Å². The molecule has 0 saturated heterocycles. The van der Waals surface area contributed by atoms with E-state index in [2.05, 4.69) is 74.0 Å². The zero-order valence-electron chi connectivity index (χ0n) is 8.50. The fraction of sp³-hybridized carbons (Fsp3) is 0.200. The van der Waals surface area contributed by atoms with E-state index < -0.39 is 0 Å². The number of rotatable bonds is 3. The minimum Gasteiger partial charge on any atom is -0.218 e. The predicted molar refractivity (Wildman–Crippen MR) is 82.0 cm³/mol. The van der Waals surface area contributed by atoms with Crippen LogP contribution in [-0.4, -0.2) is 20.3 Å². The lowest BCUT2D eigenvalue weighted by molar-refractivity contribution is 0.792. The molecule has 1 aromatic carbocycles. The van der Waals surface area contributed by atoms with Crippen molar-refractivity contribution in [2.75, 3.05) is 5.33 Å². The summed E-state index contributed by atoms with van der Waals surface area (Å²) in [5.41, 5.74) is 1.91. The average Bonchev–Trinajstić information content (AvgIpc) is 2.65. The van der Waals surface area contributed by atoms with Crippen LogP contribution in [0.4, 0.5) is 0 Å². The molecule has 0 aliphatic rings. The first kappa shape index (κ1) is 13.7. The molecule has 90 valence electrons. The third kappa shape index (κ3) is 3.19. The van der Waals surface area contributed by atoms with Gasteiger partial charge in [-0.3, -0.25) is 0 Å². The maximum atomic E-state index is 4.13. The topological polar surface area (TPSA) is 30.7 Å². The van der Waals surface area contributed by atoms with E-state index in [1.54, 1.807) is 4.68 Å². The van der Waals surface area contributed by atoms with Crippen LogP contribution in [0.5, 0.6) is 0 Å². The van der Waals surface area contributed by atoms with Gasteiger partial charge in [-0.25, -0.2) is 4.68 Å². The van der Waals surface area contributed by atoms with Crippen molar-refractivity contribution in [3.8, 4) is 5.69 Å². The van der Waals surface area contributed by atoms with Crippen LogP contribution in [0, 0.1) is 0 Å². The van der Waals surface area contributed by atoms with Crippen molar-refractivity contribution in [3.63, 3.8) is 0 Å². The van der Waals surface area contributed by atoms with Gasteiger partial charge in [-0.05, 0) is 44.0 Å². The number of aromatic nitrogens is 3. The molecule has 7 heteroatoms. The van der Waals surface area contributed by atoms with E-state index in [1.807, 2.05) is 18.3 Å². The lowest BCUT2D eigenvalue weighted by Crippen LogP contribution is -1.97. The van der Waals surface area contributed by atoms with Crippen LogP contribution in [0.3, 0.4) is 0 Å². The molecule has 0 fully saturated rings. The SMILES string of the molecule is BrCCc1cn(-c2c(Br)cc(Br)cc2Br)nn1. The molecule has 17 heavy (non-hydrogen) atoms. The predicted octanol–water partition coefficient (Wildman–Crippen LogP) is 4.49. The molecule has 2 aromatic rings. The molecule has 0 N–H and O–H groups in total. The maximum Gasteiger partial charge on any atom is 0.0948 e. The third-order valence-corrected chi connectivity index (χ3v) is 4.17. The Balaban J connectivity index is 2.45. The summed E-state index contributed by atoms with van der Waals surface area (Å²) < 4.78 is 4.67. The molecule has 0 aliphatic carbocycles. The molecule has 0 aliphatic heterocycles. The zero-order chi connectivity index (χ0) is 12.4. The van der Waals surface area contributed by atoms with E-state index in [-0.39, 0.29) is 0 Å². The summed E-state index contributed by atoms with van der Waals surface area (Å²) in [6.45, 7) is 0. The number of hydrogen-bond donors (Lipinski definition) is 0. The Hall–Kier alpha value is 0.280. The highest BCUT2D eigenvalue weighted by atomic mass is 79.9. The Kier molecular flexibility index (Phi) is 4.80. The van der Waals surface area contributed by atoms with Gasteiger partial charge >= 0.3 is 0 Å². The number of nitrogens with zero attached hydrogens (tertiary/aromatic N) is 3. The van der Waals surface area contributed by atoms with Gasteiger partial charge in [0.15, 0.2) is 0 Å². The molecule has 0 radical (unpaired) electrons. The first-order valence-corrected chi connectivity index (χ1v) is 8.24. The monoisotopic (exact) mass is 485 g/mol. The molecule has 1 aromatic heterocycles. The van der Waals surface area contributed by atoms with Crippen LogP contribution in [0.25, 0.3) is 5.69 Å². The van der Waals surface area contributed by atoms with Crippen molar-refractivity contribution in [2.24, 2.45) is 0 Å². The lowest BCUT2D eigenvalue weighted by Gasteiger charge is -2.07. The van der Waals surface area contributed by atoms with E-state index in [9.17, 15) is 0 Å². The molecule has 3 nitrogen and oxygen atoms in total.